The molecule has 0 bridgehead atoms. The highest BCUT2D eigenvalue weighted by molar-refractivity contribution is 5.08. The van der Waals surface area contributed by atoms with Gasteiger partial charge in [0.15, 0.2) is 0 Å². The zero-order chi connectivity index (χ0) is 12.8. The van der Waals surface area contributed by atoms with Gasteiger partial charge < -0.3 is 10.2 Å². The third-order valence-corrected chi connectivity index (χ3v) is 5.28. The molecule has 5 atom stereocenters. The summed E-state index contributed by atoms with van der Waals surface area (Å²) >= 11 is 0. The Kier molecular flexibility index (Phi) is 3.16. The number of allylic oxidation sites excluding steroid dienone is 1. The van der Waals surface area contributed by atoms with Gasteiger partial charge in [0, 0.05) is 0 Å². The number of rotatable bonds is 1. The molecule has 0 saturated heterocycles. The summed E-state index contributed by atoms with van der Waals surface area (Å²) in [5, 5.41) is 21.1. The van der Waals surface area contributed by atoms with Gasteiger partial charge in [-0.3, -0.25) is 0 Å². The van der Waals surface area contributed by atoms with E-state index in [9.17, 15) is 10.2 Å². The smallest absolute Gasteiger partial charge is 0.0651 e. The van der Waals surface area contributed by atoms with Crippen LogP contribution in [0.3, 0.4) is 0 Å². The van der Waals surface area contributed by atoms with Crippen molar-refractivity contribution in [3.63, 3.8) is 0 Å². The maximum Gasteiger partial charge on any atom is 0.0651 e. The third kappa shape index (κ3) is 2.30. The van der Waals surface area contributed by atoms with Crippen LogP contribution in [0.4, 0.5) is 0 Å². The summed E-state index contributed by atoms with van der Waals surface area (Å²) in [5.41, 5.74) is -0.0219. The Balaban J connectivity index is 2.28. The monoisotopic (exact) mass is 238 g/mol. The predicted octanol–water partition coefficient (Wildman–Crippen LogP) is 2.89. The minimum Gasteiger partial charge on any atom is -0.390 e. The van der Waals surface area contributed by atoms with Gasteiger partial charge in [-0.05, 0) is 70.6 Å². The SMILES string of the molecule is C=C(C)[C@@H]1CC[C@](C)(O)[C@@H]2CC[C@@](C)(O)[C@@H]2C1. The molecule has 0 unspecified atom stereocenters. The molecule has 2 saturated carbocycles. The minimum atomic E-state index is -0.616. The van der Waals surface area contributed by atoms with Gasteiger partial charge in [-0.15, -0.1) is 0 Å². The first kappa shape index (κ1) is 13.1. The van der Waals surface area contributed by atoms with Gasteiger partial charge in [-0.25, -0.2) is 0 Å². The first-order chi connectivity index (χ1) is 7.74. The summed E-state index contributed by atoms with van der Waals surface area (Å²) in [4.78, 5) is 0. The van der Waals surface area contributed by atoms with E-state index in [0.717, 1.165) is 32.1 Å². The Morgan fingerprint density at radius 2 is 1.59 bits per heavy atom. The van der Waals surface area contributed by atoms with Gasteiger partial charge in [-0.1, -0.05) is 12.2 Å². The molecule has 2 aliphatic rings. The molecular formula is C15H26O2. The Morgan fingerprint density at radius 3 is 2.18 bits per heavy atom. The molecule has 2 nitrogen and oxygen atoms in total. The van der Waals surface area contributed by atoms with E-state index in [0.29, 0.717) is 5.92 Å². The lowest BCUT2D eigenvalue weighted by atomic mass is 9.76. The lowest BCUT2D eigenvalue weighted by molar-refractivity contribution is -0.0539. The van der Waals surface area contributed by atoms with Crippen LogP contribution in [0.5, 0.6) is 0 Å². The number of fused-ring (bicyclic) bond motifs is 1. The zero-order valence-corrected chi connectivity index (χ0v) is 11.4. The fraction of sp³-hybridized carbons (Fsp3) is 0.867. The van der Waals surface area contributed by atoms with Crippen LogP contribution in [0.2, 0.25) is 0 Å². The standard InChI is InChI=1S/C15H26O2/c1-10(2)11-5-7-14(3,16)12-6-8-15(4,17)13(12)9-11/h11-13,16-17H,1,5-9H2,2-4H3/t11-,12-,13-,14+,15-/m1/s1. The Bertz CT molecular complexity index is 317. The van der Waals surface area contributed by atoms with Gasteiger partial charge in [0.05, 0.1) is 11.2 Å². The molecular weight excluding hydrogens is 212 g/mol. The summed E-state index contributed by atoms with van der Waals surface area (Å²) in [6.07, 6.45) is 4.60. The van der Waals surface area contributed by atoms with Crippen molar-refractivity contribution in [3.05, 3.63) is 12.2 Å². The van der Waals surface area contributed by atoms with E-state index in [1.54, 1.807) is 0 Å². The van der Waals surface area contributed by atoms with Crippen molar-refractivity contribution in [2.75, 3.05) is 0 Å². The fourth-order valence-corrected chi connectivity index (χ4v) is 3.95. The molecule has 98 valence electrons. The van der Waals surface area contributed by atoms with Crippen LogP contribution in [-0.2, 0) is 0 Å². The van der Waals surface area contributed by atoms with E-state index in [1.165, 1.54) is 5.57 Å². The van der Waals surface area contributed by atoms with Gasteiger partial charge in [0.1, 0.15) is 0 Å². The highest BCUT2D eigenvalue weighted by Gasteiger charge is 2.52. The van der Waals surface area contributed by atoms with E-state index in [-0.39, 0.29) is 11.8 Å². The second-order valence-electron chi connectivity index (χ2n) is 6.78. The Hall–Kier alpha value is -0.340. The fourth-order valence-electron chi connectivity index (χ4n) is 3.95. The van der Waals surface area contributed by atoms with Crippen LogP contribution in [0, 0.1) is 17.8 Å². The molecule has 2 aliphatic carbocycles. The Morgan fingerprint density at radius 1 is 1.06 bits per heavy atom. The molecule has 2 N–H and O–H groups in total. The average Bonchev–Trinajstić information content (AvgIpc) is 2.39. The molecule has 17 heavy (non-hydrogen) atoms. The first-order valence-corrected chi connectivity index (χ1v) is 6.84. The number of aliphatic hydroxyl groups is 2. The van der Waals surface area contributed by atoms with Crippen molar-refractivity contribution in [2.45, 2.75) is 64.1 Å². The van der Waals surface area contributed by atoms with Gasteiger partial charge in [0.25, 0.3) is 0 Å². The average molecular weight is 238 g/mol. The van der Waals surface area contributed by atoms with Crippen molar-refractivity contribution in [2.24, 2.45) is 17.8 Å². The highest BCUT2D eigenvalue weighted by Crippen LogP contribution is 2.52. The molecule has 0 aromatic rings. The molecule has 0 aliphatic heterocycles. The molecule has 0 aromatic carbocycles. The molecule has 2 heteroatoms. The van der Waals surface area contributed by atoms with Crippen molar-refractivity contribution in [1.29, 1.82) is 0 Å². The maximum absolute atomic E-state index is 10.6. The van der Waals surface area contributed by atoms with E-state index < -0.39 is 11.2 Å². The Labute approximate surface area is 105 Å². The van der Waals surface area contributed by atoms with E-state index in [2.05, 4.69) is 13.5 Å². The quantitative estimate of drug-likeness (QED) is 0.690. The van der Waals surface area contributed by atoms with Crippen LogP contribution in [0.15, 0.2) is 12.2 Å². The van der Waals surface area contributed by atoms with Crippen LogP contribution >= 0.6 is 0 Å². The van der Waals surface area contributed by atoms with Gasteiger partial charge in [0.2, 0.25) is 0 Å². The summed E-state index contributed by atoms with van der Waals surface area (Å²) in [7, 11) is 0. The van der Waals surface area contributed by atoms with Crippen LogP contribution in [0.1, 0.15) is 52.9 Å². The summed E-state index contributed by atoms with van der Waals surface area (Å²) in [6, 6.07) is 0. The maximum atomic E-state index is 10.6. The number of hydrogen-bond acceptors (Lipinski definition) is 2. The van der Waals surface area contributed by atoms with E-state index in [4.69, 9.17) is 0 Å². The minimum absolute atomic E-state index is 0.224. The van der Waals surface area contributed by atoms with Gasteiger partial charge in [-0.2, -0.15) is 0 Å². The lowest BCUT2D eigenvalue weighted by Crippen LogP contribution is -2.40. The predicted molar refractivity (Wildman–Crippen MR) is 69.6 cm³/mol. The molecule has 0 heterocycles. The second kappa shape index (κ2) is 4.10. The second-order valence-corrected chi connectivity index (χ2v) is 6.78. The van der Waals surface area contributed by atoms with Crippen molar-refractivity contribution < 1.29 is 10.2 Å². The molecule has 0 spiro atoms. The van der Waals surface area contributed by atoms with Crippen molar-refractivity contribution in [3.8, 4) is 0 Å². The van der Waals surface area contributed by atoms with Crippen molar-refractivity contribution in [1.82, 2.24) is 0 Å². The highest BCUT2D eigenvalue weighted by atomic mass is 16.3. The number of hydrogen-bond donors (Lipinski definition) is 2. The van der Waals surface area contributed by atoms with E-state index in [1.807, 2.05) is 13.8 Å². The third-order valence-electron chi connectivity index (χ3n) is 5.28. The van der Waals surface area contributed by atoms with Crippen LogP contribution in [0.25, 0.3) is 0 Å². The van der Waals surface area contributed by atoms with Crippen LogP contribution in [-0.4, -0.2) is 21.4 Å². The summed E-state index contributed by atoms with van der Waals surface area (Å²) < 4.78 is 0. The van der Waals surface area contributed by atoms with E-state index >= 15 is 0 Å². The topological polar surface area (TPSA) is 40.5 Å². The van der Waals surface area contributed by atoms with Crippen LogP contribution < -0.4 is 0 Å². The molecule has 2 rings (SSSR count). The lowest BCUT2D eigenvalue weighted by Gasteiger charge is -2.35. The molecule has 2 fully saturated rings. The molecule has 0 amide bonds. The largest absolute Gasteiger partial charge is 0.390 e. The molecule has 0 aromatic heterocycles. The summed E-state index contributed by atoms with van der Waals surface area (Å²) in [6.45, 7) is 10.0. The normalized spacial score (nSPS) is 50.8. The summed E-state index contributed by atoms with van der Waals surface area (Å²) in [5.74, 6) is 0.935. The van der Waals surface area contributed by atoms with Crippen molar-refractivity contribution >= 4 is 0 Å². The zero-order valence-electron chi connectivity index (χ0n) is 11.4. The van der Waals surface area contributed by atoms with Gasteiger partial charge >= 0.3 is 0 Å². The first-order valence-electron chi connectivity index (χ1n) is 6.84. The molecule has 0 radical (unpaired) electrons.